The number of carbonyl (C=O) groups excluding carboxylic acids is 10. The number of aromatic amines is 1. The number of primary amides is 2. The number of hydrogen-bond donors (Lipinski definition) is 15. The minimum Gasteiger partial charge on any atom is -0.480 e. The highest BCUT2D eigenvalue weighted by Gasteiger charge is 2.40. The van der Waals surface area contributed by atoms with E-state index >= 15 is 0 Å². The normalized spacial score (nSPS) is 18.3. The van der Waals surface area contributed by atoms with Gasteiger partial charge >= 0.3 is 5.97 Å². The van der Waals surface area contributed by atoms with E-state index in [0.29, 0.717) is 42.3 Å². The number of para-hydroxylation sites is 1. The number of hydrogen-bond acceptors (Lipinski definition) is 14. The van der Waals surface area contributed by atoms with Crippen LogP contribution in [0.5, 0.6) is 0 Å². The summed E-state index contributed by atoms with van der Waals surface area (Å²) in [6.45, 7) is 8.89. The second-order valence-electron chi connectivity index (χ2n) is 21.2. The monoisotopic (exact) mass is 1140 g/mol. The largest absolute Gasteiger partial charge is 0.480 e. The van der Waals surface area contributed by atoms with E-state index in [1.165, 1.54) is 6.92 Å². The molecule has 0 radical (unpaired) electrons. The smallest absolute Gasteiger partial charge is 0.326 e. The van der Waals surface area contributed by atoms with Gasteiger partial charge in [0, 0.05) is 49.5 Å². The van der Waals surface area contributed by atoms with E-state index in [-0.39, 0.29) is 76.3 Å². The third-order valence-corrected chi connectivity index (χ3v) is 14.3. The van der Waals surface area contributed by atoms with E-state index < -0.39 is 138 Å². The molecule has 0 aliphatic carbocycles. The van der Waals surface area contributed by atoms with E-state index in [1.807, 2.05) is 0 Å². The molecular formula is C53H83N15O13. The standard InChI is InChI=1S/C53H83N15O13/c1-6-28(4)42(66-46(74)35(18-20-41(55)71)61-44(72)33-14-9-21-58-33)49(77)67-43(29(5)69)50(78)65-37(24-27(2)3)47(75)64-38(25-30-26-60-32-13-8-7-12-31(30)32)48(76)62-34(17-19-40(54)70)45(73)63-36(15-10-22-59-53(56)57)51(79)68-23-11-16-39(68)52(80)81/h7-8,12-13,26-29,33-39,42-43,58,60,69H,6,9-11,14-25H2,1-5H3,(H2,54,70)(H2,55,71)(H,61,72)(H,62,76)(H,63,73)(H,64,75)(H,65,78)(H,66,74)(H,67,77)(H,80,81)(H4,56,57,59)/t28-,29+,33-,34-,35-,36-,37-,38-,39-,42-,43-/m0/s1. The molecule has 11 atom stereocenters. The number of nitrogens with one attached hydrogen (secondary N) is 9. The first-order chi connectivity index (χ1) is 38.3. The van der Waals surface area contributed by atoms with Crippen molar-refractivity contribution >= 4 is 81.9 Å². The first-order valence-corrected chi connectivity index (χ1v) is 27.6. The maximum Gasteiger partial charge on any atom is 0.326 e. The summed E-state index contributed by atoms with van der Waals surface area (Å²) in [6.07, 6.45) is 0.835. The fourth-order valence-corrected chi connectivity index (χ4v) is 9.65. The first-order valence-electron chi connectivity index (χ1n) is 27.6. The lowest BCUT2D eigenvalue weighted by atomic mass is 9.96. The van der Waals surface area contributed by atoms with Gasteiger partial charge in [0.05, 0.1) is 12.1 Å². The molecule has 0 saturated carbocycles. The number of benzene rings is 1. The number of aliphatic carboxylic acids is 1. The van der Waals surface area contributed by atoms with Gasteiger partial charge in [-0.3, -0.25) is 52.9 Å². The number of aliphatic imine (C=N–C) groups is 1. The van der Waals surface area contributed by atoms with Gasteiger partial charge in [-0.25, -0.2) is 4.79 Å². The molecule has 2 fully saturated rings. The van der Waals surface area contributed by atoms with Crippen molar-refractivity contribution in [3.63, 3.8) is 0 Å². The molecule has 2 aliphatic rings. The Morgan fingerprint density at radius 2 is 1.26 bits per heavy atom. The van der Waals surface area contributed by atoms with E-state index in [9.17, 15) is 63.0 Å². The van der Waals surface area contributed by atoms with Crippen LogP contribution in [-0.4, -0.2) is 171 Å². The van der Waals surface area contributed by atoms with Gasteiger partial charge < -0.3 is 85.6 Å². The maximum atomic E-state index is 14.7. The molecule has 3 heterocycles. The summed E-state index contributed by atoms with van der Waals surface area (Å²) in [5.41, 5.74) is 23.1. The van der Waals surface area contributed by atoms with Crippen LogP contribution in [0, 0.1) is 11.8 Å². The number of H-pyrrole nitrogens is 1. The molecular weight excluding hydrogens is 1050 g/mol. The topological polar surface area (TPSA) is 460 Å². The zero-order valence-corrected chi connectivity index (χ0v) is 46.7. The van der Waals surface area contributed by atoms with Gasteiger partial charge in [0.15, 0.2) is 5.96 Å². The molecule has 0 bridgehead atoms. The van der Waals surface area contributed by atoms with Gasteiger partial charge in [0.2, 0.25) is 59.1 Å². The number of aromatic nitrogens is 1. The number of carboxylic acid groups (broad SMARTS) is 1. The predicted octanol–water partition coefficient (Wildman–Crippen LogP) is -3.01. The van der Waals surface area contributed by atoms with Crippen molar-refractivity contribution in [3.05, 3.63) is 36.0 Å². The van der Waals surface area contributed by atoms with Crippen LogP contribution in [0.25, 0.3) is 10.9 Å². The average molecular weight is 1140 g/mol. The highest BCUT2D eigenvalue weighted by atomic mass is 16.4. The highest BCUT2D eigenvalue weighted by Crippen LogP contribution is 2.22. The van der Waals surface area contributed by atoms with E-state index in [2.05, 4.69) is 52.5 Å². The van der Waals surface area contributed by atoms with Crippen LogP contribution in [0.4, 0.5) is 0 Å². The number of fused-ring (bicyclic) bond motifs is 1. The molecule has 1 aromatic heterocycles. The molecule has 448 valence electrons. The zero-order chi connectivity index (χ0) is 60.1. The number of nitrogens with two attached hydrogens (primary N) is 4. The molecule has 28 heteroatoms. The molecule has 2 aromatic rings. The van der Waals surface area contributed by atoms with Gasteiger partial charge in [-0.2, -0.15) is 0 Å². The Morgan fingerprint density at radius 3 is 1.85 bits per heavy atom. The predicted molar refractivity (Wildman–Crippen MR) is 296 cm³/mol. The molecule has 0 spiro atoms. The van der Waals surface area contributed by atoms with Gasteiger partial charge in [-0.1, -0.05) is 52.3 Å². The maximum absolute atomic E-state index is 14.7. The fraction of sp³-hybridized carbons (Fsp3) is 0.623. The Kier molecular flexibility index (Phi) is 25.8. The van der Waals surface area contributed by atoms with Gasteiger partial charge in [0.25, 0.3) is 0 Å². The summed E-state index contributed by atoms with van der Waals surface area (Å²) in [5, 5.41) is 42.9. The molecule has 4 rings (SSSR count). The van der Waals surface area contributed by atoms with Crippen molar-refractivity contribution < 1.29 is 63.0 Å². The van der Waals surface area contributed by atoms with Crippen molar-refractivity contribution in [2.45, 2.75) is 179 Å². The number of guanidine groups is 1. The summed E-state index contributed by atoms with van der Waals surface area (Å²) >= 11 is 0. The van der Waals surface area contributed by atoms with Gasteiger partial charge in [-0.15, -0.1) is 0 Å². The summed E-state index contributed by atoms with van der Waals surface area (Å²) in [7, 11) is 0. The Morgan fingerprint density at radius 1 is 0.691 bits per heavy atom. The first kappa shape index (κ1) is 65.6. The molecule has 10 amide bonds. The molecule has 28 nitrogen and oxygen atoms in total. The van der Waals surface area contributed by atoms with Crippen LogP contribution >= 0.6 is 0 Å². The molecule has 1 aromatic carbocycles. The number of carbonyl (C=O) groups is 11. The van der Waals surface area contributed by atoms with Crippen LogP contribution in [0.2, 0.25) is 0 Å². The van der Waals surface area contributed by atoms with E-state index in [4.69, 9.17) is 22.9 Å². The number of carboxylic acids is 1. The van der Waals surface area contributed by atoms with Crippen molar-refractivity contribution in [3.8, 4) is 0 Å². The second kappa shape index (κ2) is 31.8. The summed E-state index contributed by atoms with van der Waals surface area (Å²) in [5.74, 6) is -10.5. The summed E-state index contributed by atoms with van der Waals surface area (Å²) in [6, 6.07) is -4.77. The summed E-state index contributed by atoms with van der Waals surface area (Å²) in [4.78, 5) is 157. The second-order valence-corrected chi connectivity index (χ2v) is 21.2. The van der Waals surface area contributed by atoms with Crippen molar-refractivity contribution in [2.75, 3.05) is 19.6 Å². The van der Waals surface area contributed by atoms with Crippen LogP contribution in [0.3, 0.4) is 0 Å². The Labute approximate surface area is 470 Å². The Bertz CT molecular complexity index is 2580. The van der Waals surface area contributed by atoms with Crippen LogP contribution < -0.4 is 65.5 Å². The Balaban J connectivity index is 1.62. The van der Waals surface area contributed by atoms with Crippen LogP contribution in [0.1, 0.15) is 117 Å². The number of amides is 10. The lowest BCUT2D eigenvalue weighted by molar-refractivity contribution is -0.149. The number of aliphatic hydroxyl groups excluding tert-OH is 1. The molecule has 0 unspecified atom stereocenters. The minimum absolute atomic E-state index is 0.0399. The van der Waals surface area contributed by atoms with E-state index in [1.54, 1.807) is 58.2 Å². The fourth-order valence-electron chi connectivity index (χ4n) is 9.65. The van der Waals surface area contributed by atoms with Crippen molar-refractivity contribution in [1.29, 1.82) is 0 Å². The van der Waals surface area contributed by atoms with Crippen molar-refractivity contribution in [2.24, 2.45) is 39.8 Å². The SMILES string of the molecule is CC[C@H](C)[C@H](NC(=O)[C@H](CCC(N)=O)NC(=O)[C@@H]1CCCN1)C(=O)N[C@H](C(=O)N[C@@H](CC(C)C)C(=O)N[C@@H](Cc1c[nH]c2ccccc12)C(=O)N[C@@H](CCC(N)=O)C(=O)N[C@@H](CCCN=C(N)N)C(=O)N1CCC[C@H]1C(=O)O)[C@@H](C)O. The zero-order valence-electron chi connectivity index (χ0n) is 46.7. The molecule has 81 heavy (non-hydrogen) atoms. The van der Waals surface area contributed by atoms with Crippen molar-refractivity contribution in [1.82, 2.24) is 52.4 Å². The molecule has 2 saturated heterocycles. The van der Waals surface area contributed by atoms with Gasteiger partial charge in [-0.05, 0) is 94.7 Å². The number of likely N-dealkylation sites (tertiary alicyclic amines) is 1. The quantitative estimate of drug-likeness (QED) is 0.0192. The van der Waals surface area contributed by atoms with E-state index in [0.717, 1.165) is 11.3 Å². The highest BCUT2D eigenvalue weighted by molar-refractivity contribution is 5.99. The third kappa shape index (κ3) is 20.3. The lowest BCUT2D eigenvalue weighted by Crippen LogP contribution is -2.63. The number of rotatable bonds is 33. The lowest BCUT2D eigenvalue weighted by Gasteiger charge is -2.30. The average Bonchev–Trinajstić information content (AvgIpc) is 4.23. The van der Waals surface area contributed by atoms with Gasteiger partial charge in [0.1, 0.15) is 48.3 Å². The molecule has 19 N–H and O–H groups in total. The minimum atomic E-state index is -1.72. The molecule has 2 aliphatic heterocycles. The van der Waals surface area contributed by atoms with Crippen LogP contribution in [-0.2, 0) is 59.2 Å². The summed E-state index contributed by atoms with van der Waals surface area (Å²) < 4.78 is 0. The Hall–Kier alpha value is -7.88. The third-order valence-electron chi connectivity index (χ3n) is 14.3. The number of nitrogens with zero attached hydrogens (tertiary/aromatic N) is 2. The van der Waals surface area contributed by atoms with Crippen LogP contribution in [0.15, 0.2) is 35.5 Å². The number of aliphatic hydroxyl groups is 1.